The Hall–Kier alpha value is -3.20. The topological polar surface area (TPSA) is 37.4 Å². The van der Waals surface area contributed by atoms with Crippen molar-refractivity contribution in [1.29, 1.82) is 0 Å². The van der Waals surface area contributed by atoms with Crippen LogP contribution in [-0.2, 0) is 11.2 Å². The maximum Gasteiger partial charge on any atom is 0.235 e. The van der Waals surface area contributed by atoms with Gasteiger partial charge in [0.25, 0.3) is 0 Å². The van der Waals surface area contributed by atoms with Crippen molar-refractivity contribution in [3.63, 3.8) is 0 Å². The van der Waals surface area contributed by atoms with Crippen LogP contribution in [0.3, 0.4) is 0 Å². The quantitative estimate of drug-likeness (QED) is 0.654. The average molecular weight is 315 g/mol. The first kappa shape index (κ1) is 15.7. The number of hydrogen-bond donors (Lipinski definition) is 0. The second-order valence-corrected chi connectivity index (χ2v) is 5.44. The lowest BCUT2D eigenvalue weighted by molar-refractivity contribution is -0.117. The third-order valence-corrected chi connectivity index (χ3v) is 3.75. The second-order valence-electron chi connectivity index (χ2n) is 5.44. The molecule has 0 aromatic heterocycles. The monoisotopic (exact) mass is 315 g/mol. The van der Waals surface area contributed by atoms with Gasteiger partial charge < -0.3 is 0 Å². The number of carbonyl (C=O) groups is 2. The first-order valence-electron chi connectivity index (χ1n) is 7.75. The molecule has 0 spiro atoms. The summed E-state index contributed by atoms with van der Waals surface area (Å²) in [5.41, 5.74) is 3.15. The molecule has 0 saturated heterocycles. The van der Waals surface area contributed by atoms with Gasteiger partial charge in [-0.3, -0.25) is 14.5 Å². The molecule has 0 radical (unpaired) electrons. The van der Waals surface area contributed by atoms with E-state index in [0.717, 1.165) is 23.2 Å². The minimum atomic E-state index is -0.0220. The van der Waals surface area contributed by atoms with Gasteiger partial charge >= 0.3 is 0 Å². The van der Waals surface area contributed by atoms with Crippen LogP contribution in [0.25, 0.3) is 0 Å². The predicted molar refractivity (Wildman–Crippen MR) is 95.6 cm³/mol. The third kappa shape index (κ3) is 3.58. The van der Waals surface area contributed by atoms with Crippen molar-refractivity contribution in [3.05, 3.63) is 96.1 Å². The van der Waals surface area contributed by atoms with Gasteiger partial charge in [0.05, 0.1) is 6.42 Å². The van der Waals surface area contributed by atoms with Gasteiger partial charge in [0.1, 0.15) is 6.29 Å². The van der Waals surface area contributed by atoms with Gasteiger partial charge in [0.2, 0.25) is 5.91 Å². The lowest BCUT2D eigenvalue weighted by Gasteiger charge is -2.23. The van der Waals surface area contributed by atoms with Crippen LogP contribution in [0.5, 0.6) is 0 Å². The Morgan fingerprint density at radius 2 is 1.25 bits per heavy atom. The Morgan fingerprint density at radius 3 is 1.71 bits per heavy atom. The van der Waals surface area contributed by atoms with Crippen LogP contribution in [0.2, 0.25) is 0 Å². The molecule has 0 N–H and O–H groups in total. The second kappa shape index (κ2) is 7.38. The number of aldehydes is 1. The maximum absolute atomic E-state index is 12.9. The summed E-state index contributed by atoms with van der Waals surface area (Å²) in [6.07, 6.45) is 1.06. The highest BCUT2D eigenvalue weighted by Crippen LogP contribution is 2.26. The van der Waals surface area contributed by atoms with Gasteiger partial charge in [-0.2, -0.15) is 0 Å². The van der Waals surface area contributed by atoms with E-state index in [9.17, 15) is 9.59 Å². The number of rotatable bonds is 5. The summed E-state index contributed by atoms with van der Waals surface area (Å²) in [7, 11) is 0. The van der Waals surface area contributed by atoms with Crippen LogP contribution in [0, 0.1) is 0 Å². The van der Waals surface area contributed by atoms with Crippen molar-refractivity contribution in [2.45, 2.75) is 6.42 Å². The van der Waals surface area contributed by atoms with Crippen molar-refractivity contribution in [2.24, 2.45) is 0 Å². The summed E-state index contributed by atoms with van der Waals surface area (Å²) in [6.45, 7) is 0. The van der Waals surface area contributed by atoms with Gasteiger partial charge in [-0.15, -0.1) is 0 Å². The van der Waals surface area contributed by atoms with E-state index in [1.54, 1.807) is 17.0 Å². The fraction of sp³-hybridized carbons (Fsp3) is 0.0476. The largest absolute Gasteiger partial charge is 0.298 e. The summed E-state index contributed by atoms with van der Waals surface area (Å²) in [5.74, 6) is -0.0220. The van der Waals surface area contributed by atoms with Gasteiger partial charge in [0.15, 0.2) is 0 Å². The Kier molecular flexibility index (Phi) is 4.82. The number of para-hydroxylation sites is 2. The van der Waals surface area contributed by atoms with Crippen molar-refractivity contribution in [1.82, 2.24) is 0 Å². The predicted octanol–water partition coefficient (Wildman–Crippen LogP) is 4.41. The van der Waals surface area contributed by atoms with Gasteiger partial charge in [-0.1, -0.05) is 60.7 Å². The fourth-order valence-electron chi connectivity index (χ4n) is 2.56. The van der Waals surface area contributed by atoms with Crippen LogP contribution in [-0.4, -0.2) is 12.2 Å². The molecule has 0 aliphatic carbocycles. The van der Waals surface area contributed by atoms with E-state index in [-0.39, 0.29) is 12.3 Å². The van der Waals surface area contributed by atoms with Gasteiger partial charge in [-0.05, 0) is 29.8 Å². The molecule has 0 heterocycles. The molecule has 0 bridgehead atoms. The van der Waals surface area contributed by atoms with Crippen LogP contribution >= 0.6 is 0 Å². The molecule has 0 aliphatic heterocycles. The Morgan fingerprint density at radius 1 is 0.750 bits per heavy atom. The molecule has 0 aliphatic rings. The fourth-order valence-corrected chi connectivity index (χ4v) is 2.56. The molecular formula is C21H17NO2. The highest BCUT2D eigenvalue weighted by Gasteiger charge is 2.17. The Balaban J connectivity index is 1.90. The highest BCUT2D eigenvalue weighted by atomic mass is 16.2. The van der Waals surface area contributed by atoms with E-state index in [1.807, 2.05) is 72.8 Å². The van der Waals surface area contributed by atoms with Crippen molar-refractivity contribution in [3.8, 4) is 0 Å². The van der Waals surface area contributed by atoms with E-state index in [1.165, 1.54) is 0 Å². The maximum atomic E-state index is 12.9. The van der Waals surface area contributed by atoms with E-state index >= 15 is 0 Å². The molecule has 3 aromatic rings. The van der Waals surface area contributed by atoms with Crippen molar-refractivity contribution >= 4 is 23.6 Å². The summed E-state index contributed by atoms with van der Waals surface area (Å²) in [5, 5.41) is 0. The zero-order valence-electron chi connectivity index (χ0n) is 13.1. The van der Waals surface area contributed by atoms with E-state index < -0.39 is 0 Å². The molecule has 0 atom stereocenters. The number of nitrogens with zero attached hydrogens (tertiary/aromatic N) is 1. The van der Waals surface area contributed by atoms with Crippen LogP contribution in [0.1, 0.15) is 15.9 Å². The summed E-state index contributed by atoms with van der Waals surface area (Å²) in [6, 6.07) is 26.3. The third-order valence-electron chi connectivity index (χ3n) is 3.75. The molecule has 24 heavy (non-hydrogen) atoms. The van der Waals surface area contributed by atoms with Crippen LogP contribution < -0.4 is 4.90 Å². The molecule has 3 aromatic carbocycles. The highest BCUT2D eigenvalue weighted by molar-refractivity contribution is 6.01. The zero-order valence-corrected chi connectivity index (χ0v) is 13.1. The minimum absolute atomic E-state index is 0.0220. The first-order valence-corrected chi connectivity index (χ1v) is 7.75. The number of anilines is 2. The smallest absolute Gasteiger partial charge is 0.235 e. The molecule has 0 fully saturated rings. The molecule has 3 heteroatoms. The minimum Gasteiger partial charge on any atom is -0.298 e. The van der Waals surface area contributed by atoms with Crippen LogP contribution in [0.4, 0.5) is 11.4 Å². The van der Waals surface area contributed by atoms with Crippen LogP contribution in [0.15, 0.2) is 84.9 Å². The summed E-state index contributed by atoms with van der Waals surface area (Å²) in [4.78, 5) is 25.4. The molecule has 1 amide bonds. The number of benzene rings is 3. The van der Waals surface area contributed by atoms with Gasteiger partial charge in [0, 0.05) is 16.9 Å². The molecule has 3 rings (SSSR count). The lowest BCUT2D eigenvalue weighted by atomic mass is 10.1. The van der Waals surface area contributed by atoms with E-state index in [0.29, 0.717) is 5.56 Å². The van der Waals surface area contributed by atoms with Crippen molar-refractivity contribution in [2.75, 3.05) is 4.90 Å². The molecule has 118 valence electrons. The summed E-state index contributed by atoms with van der Waals surface area (Å²) >= 11 is 0. The number of hydrogen-bond acceptors (Lipinski definition) is 2. The number of amides is 1. The molecular weight excluding hydrogens is 298 g/mol. The standard InChI is InChI=1S/C21H17NO2/c23-16-18-13-11-17(12-14-18)15-21(24)22(19-7-3-1-4-8-19)20-9-5-2-6-10-20/h1-14,16H,15H2. The average Bonchev–Trinajstić information content (AvgIpc) is 2.64. The van der Waals surface area contributed by atoms with E-state index in [2.05, 4.69) is 0 Å². The van der Waals surface area contributed by atoms with E-state index in [4.69, 9.17) is 0 Å². The molecule has 0 saturated carbocycles. The number of carbonyl (C=O) groups excluding carboxylic acids is 2. The zero-order chi connectivity index (χ0) is 16.8. The normalized spacial score (nSPS) is 10.2. The van der Waals surface area contributed by atoms with Crippen molar-refractivity contribution < 1.29 is 9.59 Å². The lowest BCUT2D eigenvalue weighted by Crippen LogP contribution is -2.27. The molecule has 0 unspecified atom stereocenters. The Labute approximate surface area is 141 Å². The first-order chi connectivity index (χ1) is 11.8. The van der Waals surface area contributed by atoms with Gasteiger partial charge in [-0.25, -0.2) is 0 Å². The Bertz CT molecular complexity index is 772. The SMILES string of the molecule is O=Cc1ccc(CC(=O)N(c2ccccc2)c2ccccc2)cc1. The molecule has 3 nitrogen and oxygen atoms in total. The summed E-state index contributed by atoms with van der Waals surface area (Å²) < 4.78 is 0.